The van der Waals surface area contributed by atoms with E-state index in [9.17, 15) is 28.8 Å². The van der Waals surface area contributed by atoms with Crippen LogP contribution in [0.1, 0.15) is 66.5 Å². The van der Waals surface area contributed by atoms with Crippen molar-refractivity contribution in [1.82, 2.24) is 20.5 Å². The number of thiazole rings is 1. The number of β-lactam (4-membered cyclic amide) rings is 1. The summed E-state index contributed by atoms with van der Waals surface area (Å²) in [5, 5.41) is 12.6. The fourth-order valence-electron chi connectivity index (χ4n) is 4.31. The van der Waals surface area contributed by atoms with Gasteiger partial charge in [0, 0.05) is 11.1 Å². The molecule has 5 N–H and O–H groups in total. The molecule has 0 unspecified atom stereocenters. The molecule has 0 aliphatic carbocycles. The molecule has 4 amide bonds. The molecule has 3 atom stereocenters. The number of hydrogen-bond acceptors (Lipinski definition) is 15. The van der Waals surface area contributed by atoms with Crippen molar-refractivity contribution in [2.75, 3.05) is 31.5 Å². The molecule has 0 spiro atoms. The first kappa shape index (κ1) is 39.2. The van der Waals surface area contributed by atoms with E-state index < -0.39 is 71.0 Å². The number of aromatic nitrogens is 1. The number of amides is 4. The second-order valence-electron chi connectivity index (χ2n) is 12.8. The van der Waals surface area contributed by atoms with Gasteiger partial charge in [-0.05, 0) is 73.4 Å². The largest absolute Gasteiger partial charge is 0.444 e. The first-order valence-electron chi connectivity index (χ1n) is 15.3. The second-order valence-corrected chi connectivity index (χ2v) is 14.8. The van der Waals surface area contributed by atoms with E-state index in [0.717, 1.165) is 11.3 Å². The topological polar surface area (TPSA) is 230 Å². The van der Waals surface area contributed by atoms with Crippen LogP contribution < -0.4 is 21.7 Å². The van der Waals surface area contributed by atoms with Crippen LogP contribution in [-0.4, -0.2) is 101 Å². The van der Waals surface area contributed by atoms with Crippen LogP contribution >= 0.6 is 23.1 Å². The van der Waals surface area contributed by atoms with Gasteiger partial charge in [-0.1, -0.05) is 5.16 Å². The zero-order chi connectivity index (χ0) is 36.5. The molecular formula is C30H43N7O10S2. The minimum atomic E-state index is -1.01. The number of alkyl carbamates (subject to hydrolysis) is 1. The number of esters is 2. The van der Waals surface area contributed by atoms with E-state index in [2.05, 4.69) is 26.1 Å². The minimum Gasteiger partial charge on any atom is -0.444 e. The number of nitrogens with one attached hydrogen (secondary N) is 3. The van der Waals surface area contributed by atoms with Crippen molar-refractivity contribution in [1.29, 1.82) is 0 Å². The van der Waals surface area contributed by atoms with Crippen LogP contribution in [0.5, 0.6) is 0 Å². The van der Waals surface area contributed by atoms with Gasteiger partial charge in [-0.15, -0.1) is 23.1 Å². The number of nitrogens with zero attached hydrogens (tertiary/aromatic N) is 3. The molecular weight excluding hydrogens is 683 g/mol. The average Bonchev–Trinajstić information content (AvgIpc) is 3.47. The Morgan fingerprint density at radius 2 is 1.84 bits per heavy atom. The lowest BCUT2D eigenvalue weighted by Crippen LogP contribution is -2.70. The fourth-order valence-corrected chi connectivity index (χ4v) is 6.20. The van der Waals surface area contributed by atoms with Gasteiger partial charge in [-0.25, -0.2) is 14.6 Å². The smallest absolute Gasteiger partial charge is 0.408 e. The number of fused-ring (bicyclic) bond motifs is 1. The zero-order valence-corrected chi connectivity index (χ0v) is 30.1. The number of rotatable bonds is 14. The zero-order valence-electron chi connectivity index (χ0n) is 28.4. The Balaban J connectivity index is 1.63. The van der Waals surface area contributed by atoms with Crippen LogP contribution in [0.4, 0.5) is 9.93 Å². The van der Waals surface area contributed by atoms with Crippen molar-refractivity contribution in [3.05, 3.63) is 22.8 Å². The Labute approximate surface area is 292 Å². The lowest BCUT2D eigenvalue weighted by Gasteiger charge is -2.48. The van der Waals surface area contributed by atoms with Crippen LogP contribution in [0.3, 0.4) is 0 Å². The third kappa shape index (κ3) is 10.9. The number of anilines is 1. The molecule has 17 nitrogen and oxygen atoms in total. The highest BCUT2D eigenvalue weighted by atomic mass is 32.2. The summed E-state index contributed by atoms with van der Waals surface area (Å²) in [6.45, 7) is 9.87. The Morgan fingerprint density at radius 3 is 2.47 bits per heavy atom. The second kappa shape index (κ2) is 16.9. The quantitative estimate of drug-likeness (QED) is 0.0536. The van der Waals surface area contributed by atoms with Crippen LogP contribution in [0.25, 0.3) is 0 Å². The molecule has 0 bridgehead atoms. The van der Waals surface area contributed by atoms with Gasteiger partial charge in [0.15, 0.2) is 10.8 Å². The molecule has 1 aromatic heterocycles. The standard InChI is InChI=1S/C30H43N7O10S2/c1-29(2,3)26(42)46-15-45-25(41)18-11-13-48-24-20(23(40)37(18)24)34-22(39)19(36-44-7)17-14-49-27(32-17)35-21(38)16(10-8-9-12-31)33-28(43)47-30(4,5)6/h11,14,16,20,24H,8-10,12-13,15,31H2,1-7H3,(H,33,43)(H,34,39)(H,32,35,38)/b36-19-/t16-,20+,24+/m0/s1. The average molecular weight is 726 g/mol. The molecule has 49 heavy (non-hydrogen) atoms. The van der Waals surface area contributed by atoms with Crippen LogP contribution in [0.2, 0.25) is 0 Å². The van der Waals surface area contributed by atoms with E-state index >= 15 is 0 Å². The summed E-state index contributed by atoms with van der Waals surface area (Å²) in [6.07, 6.45) is 2.27. The molecule has 3 rings (SSSR count). The number of carbonyl (C=O) groups is 6. The molecule has 1 aromatic rings. The highest BCUT2D eigenvalue weighted by Crippen LogP contribution is 2.38. The molecule has 2 aliphatic rings. The Morgan fingerprint density at radius 1 is 1.12 bits per heavy atom. The molecule has 1 fully saturated rings. The number of nitrogens with two attached hydrogens (primary N) is 1. The van der Waals surface area contributed by atoms with Crippen molar-refractivity contribution in [2.24, 2.45) is 16.3 Å². The molecule has 0 radical (unpaired) electrons. The van der Waals surface area contributed by atoms with E-state index in [4.69, 9.17) is 24.8 Å². The summed E-state index contributed by atoms with van der Waals surface area (Å²) in [5.41, 5.74) is 3.78. The molecule has 19 heteroatoms. The van der Waals surface area contributed by atoms with Gasteiger partial charge in [0.25, 0.3) is 11.8 Å². The van der Waals surface area contributed by atoms with Gasteiger partial charge in [0.05, 0.1) is 5.41 Å². The number of unbranched alkanes of at least 4 members (excludes halogenated alkanes) is 1. The van der Waals surface area contributed by atoms with Crippen molar-refractivity contribution >= 4 is 69.7 Å². The van der Waals surface area contributed by atoms with Gasteiger partial charge in [0.2, 0.25) is 12.7 Å². The predicted octanol–water partition coefficient (Wildman–Crippen LogP) is 1.83. The van der Waals surface area contributed by atoms with E-state index in [0.29, 0.717) is 31.6 Å². The van der Waals surface area contributed by atoms with Crippen molar-refractivity contribution in [3.63, 3.8) is 0 Å². The summed E-state index contributed by atoms with van der Waals surface area (Å²) < 4.78 is 15.3. The van der Waals surface area contributed by atoms with Gasteiger partial charge >= 0.3 is 18.0 Å². The van der Waals surface area contributed by atoms with E-state index in [-0.39, 0.29) is 22.2 Å². The summed E-state index contributed by atoms with van der Waals surface area (Å²) in [6, 6.07) is -1.96. The lowest BCUT2D eigenvalue weighted by atomic mass is 9.98. The van der Waals surface area contributed by atoms with Gasteiger partial charge < -0.3 is 40.7 Å². The maximum atomic E-state index is 13.3. The van der Waals surface area contributed by atoms with Crippen LogP contribution in [-0.2, 0) is 43.0 Å². The van der Waals surface area contributed by atoms with Crippen molar-refractivity contribution < 1.29 is 47.8 Å². The lowest BCUT2D eigenvalue weighted by molar-refractivity contribution is -0.173. The Kier molecular flexibility index (Phi) is 13.5. The van der Waals surface area contributed by atoms with Gasteiger partial charge in [-0.2, -0.15) is 0 Å². The third-order valence-corrected chi connectivity index (χ3v) is 8.60. The molecule has 0 aromatic carbocycles. The summed E-state index contributed by atoms with van der Waals surface area (Å²) in [4.78, 5) is 86.9. The summed E-state index contributed by atoms with van der Waals surface area (Å²) in [7, 11) is 1.23. The van der Waals surface area contributed by atoms with E-state index in [1.165, 1.54) is 35.2 Å². The van der Waals surface area contributed by atoms with Crippen LogP contribution in [0, 0.1) is 5.41 Å². The number of carbonyl (C=O) groups excluding carboxylic acids is 6. The highest BCUT2D eigenvalue weighted by Gasteiger charge is 2.53. The van der Waals surface area contributed by atoms with E-state index in [1.807, 2.05) is 0 Å². The van der Waals surface area contributed by atoms with Gasteiger partial charge in [-0.3, -0.25) is 24.1 Å². The predicted molar refractivity (Wildman–Crippen MR) is 180 cm³/mol. The molecule has 0 saturated carbocycles. The number of thioether (sulfide) groups is 1. The minimum absolute atomic E-state index is 0.0285. The molecule has 1 saturated heterocycles. The molecule has 3 heterocycles. The first-order chi connectivity index (χ1) is 23.0. The number of oxime groups is 1. The van der Waals surface area contributed by atoms with Crippen molar-refractivity contribution in [2.45, 2.75) is 83.9 Å². The monoisotopic (exact) mass is 725 g/mol. The SMILES string of the molecule is CO/N=C(\C(=O)N[C@@H]1C(=O)N2C(C(=O)OCOC(=O)C(C)(C)C)=CCS[C@H]12)c1csc(NC(=O)[C@H](CCCCN)NC(=O)OC(C)(C)C)n1. The maximum absolute atomic E-state index is 13.3. The molecule has 2 aliphatic heterocycles. The molecule has 270 valence electrons. The van der Waals surface area contributed by atoms with Crippen LogP contribution in [0.15, 0.2) is 22.3 Å². The first-order valence-corrected chi connectivity index (χ1v) is 17.3. The Hall–Kier alpha value is -4.23. The highest BCUT2D eigenvalue weighted by molar-refractivity contribution is 8.00. The number of hydrogen-bond donors (Lipinski definition) is 4. The maximum Gasteiger partial charge on any atom is 0.408 e. The fraction of sp³-hybridized carbons (Fsp3) is 0.600. The summed E-state index contributed by atoms with van der Waals surface area (Å²) >= 11 is 2.31. The summed E-state index contributed by atoms with van der Waals surface area (Å²) in [5.74, 6) is -2.98. The number of ether oxygens (including phenoxy) is 3. The van der Waals surface area contributed by atoms with Crippen molar-refractivity contribution in [3.8, 4) is 0 Å². The third-order valence-electron chi connectivity index (χ3n) is 6.66. The Bertz CT molecular complexity index is 1480. The van der Waals surface area contributed by atoms with E-state index in [1.54, 1.807) is 41.5 Å². The van der Waals surface area contributed by atoms with Gasteiger partial charge in [0.1, 0.15) is 41.6 Å². The normalized spacial score (nSPS) is 18.2.